The van der Waals surface area contributed by atoms with Crippen LogP contribution in [0.5, 0.6) is 0 Å². The molecule has 3 heterocycles. The summed E-state index contributed by atoms with van der Waals surface area (Å²) in [6.45, 7) is 0.365. The first-order valence-electron chi connectivity index (χ1n) is 11.8. The summed E-state index contributed by atoms with van der Waals surface area (Å²) in [7, 11) is 0. The number of carbonyl (C=O) groups is 3. The van der Waals surface area contributed by atoms with Crippen molar-refractivity contribution in [3.8, 4) is 22.0 Å². The highest BCUT2D eigenvalue weighted by Gasteiger charge is 2.34. The maximum Gasteiger partial charge on any atom is 0.261 e. The normalized spacial score (nSPS) is 12.6. The Kier molecular flexibility index (Phi) is 6.95. The number of imide groups is 1. The molecule has 1 N–H and O–H groups in total. The highest BCUT2D eigenvalue weighted by atomic mass is 32.1. The molecule has 0 aliphatic carbocycles. The summed E-state index contributed by atoms with van der Waals surface area (Å²) < 4.78 is 0. The van der Waals surface area contributed by atoms with E-state index in [1.807, 2.05) is 47.8 Å². The fourth-order valence-electron chi connectivity index (χ4n) is 4.17. The molecular weight excluding hydrogens is 472 g/mol. The highest BCUT2D eigenvalue weighted by molar-refractivity contribution is 7.13. The second kappa shape index (κ2) is 10.6. The number of pyridine rings is 1. The van der Waals surface area contributed by atoms with Crippen molar-refractivity contribution in [1.82, 2.24) is 14.9 Å². The van der Waals surface area contributed by atoms with Crippen LogP contribution >= 0.6 is 11.3 Å². The first-order valence-corrected chi connectivity index (χ1v) is 12.7. The first-order chi connectivity index (χ1) is 17.6. The van der Waals surface area contributed by atoms with Crippen LogP contribution in [0.1, 0.15) is 46.4 Å². The third kappa shape index (κ3) is 5.08. The summed E-state index contributed by atoms with van der Waals surface area (Å²) in [5.74, 6) is -0.540. The number of nitrogens with one attached hydrogen (secondary N) is 1. The lowest BCUT2D eigenvalue weighted by molar-refractivity contribution is -0.116. The van der Waals surface area contributed by atoms with Crippen molar-refractivity contribution in [3.05, 3.63) is 89.4 Å². The van der Waals surface area contributed by atoms with Crippen LogP contribution in [0.15, 0.2) is 78.3 Å². The van der Waals surface area contributed by atoms with Gasteiger partial charge in [-0.25, -0.2) is 4.98 Å². The summed E-state index contributed by atoms with van der Waals surface area (Å²) in [4.78, 5) is 47.6. The van der Waals surface area contributed by atoms with Gasteiger partial charge in [-0.3, -0.25) is 24.3 Å². The molecule has 0 saturated heterocycles. The van der Waals surface area contributed by atoms with Crippen LogP contribution in [-0.2, 0) is 4.79 Å². The maximum atomic E-state index is 12.5. The van der Waals surface area contributed by atoms with Crippen molar-refractivity contribution >= 4 is 34.7 Å². The second-order valence-corrected chi connectivity index (χ2v) is 9.36. The van der Waals surface area contributed by atoms with Crippen molar-refractivity contribution in [1.29, 1.82) is 0 Å². The van der Waals surface area contributed by atoms with Gasteiger partial charge in [-0.05, 0) is 49.2 Å². The molecule has 3 amide bonds. The van der Waals surface area contributed by atoms with Crippen LogP contribution in [0.2, 0.25) is 0 Å². The Labute approximate surface area is 212 Å². The first kappa shape index (κ1) is 23.6. The molecule has 0 bridgehead atoms. The minimum atomic E-state index is -0.236. The average Bonchev–Trinajstić information content (AvgIpc) is 3.49. The fourth-order valence-corrected chi connectivity index (χ4v) is 4.97. The molecule has 2 aromatic carbocycles. The number of benzene rings is 2. The Bertz CT molecular complexity index is 1380. The van der Waals surface area contributed by atoms with Gasteiger partial charge >= 0.3 is 0 Å². The van der Waals surface area contributed by atoms with Gasteiger partial charge in [-0.15, -0.1) is 11.3 Å². The Morgan fingerprint density at radius 3 is 2.39 bits per heavy atom. The molecular formula is C28H24N4O3S. The van der Waals surface area contributed by atoms with Gasteiger partial charge in [-0.1, -0.05) is 36.8 Å². The Hall–Kier alpha value is -4.17. The van der Waals surface area contributed by atoms with Crippen molar-refractivity contribution in [2.24, 2.45) is 0 Å². The molecule has 0 spiro atoms. The van der Waals surface area contributed by atoms with E-state index < -0.39 is 0 Å². The van der Waals surface area contributed by atoms with Gasteiger partial charge in [0, 0.05) is 35.8 Å². The molecule has 0 radical (unpaired) electrons. The van der Waals surface area contributed by atoms with Crippen molar-refractivity contribution in [2.75, 3.05) is 11.9 Å². The lowest BCUT2D eigenvalue weighted by Gasteiger charge is -2.13. The summed E-state index contributed by atoms with van der Waals surface area (Å²) in [6.07, 6.45) is 4.20. The molecule has 4 aromatic rings. The number of anilines is 1. The topological polar surface area (TPSA) is 92.3 Å². The summed E-state index contributed by atoms with van der Waals surface area (Å²) in [5, 5.41) is 5.79. The van der Waals surface area contributed by atoms with E-state index in [0.29, 0.717) is 36.9 Å². The van der Waals surface area contributed by atoms with Crippen molar-refractivity contribution in [3.63, 3.8) is 0 Å². The van der Waals surface area contributed by atoms with E-state index in [2.05, 4.69) is 15.3 Å². The number of nitrogens with zero attached hydrogens (tertiary/aromatic N) is 3. The highest BCUT2D eigenvalue weighted by Crippen LogP contribution is 2.29. The monoisotopic (exact) mass is 496 g/mol. The molecule has 0 fully saturated rings. The van der Waals surface area contributed by atoms with Gasteiger partial charge in [0.25, 0.3) is 11.8 Å². The number of rotatable bonds is 9. The van der Waals surface area contributed by atoms with Crippen LogP contribution in [-0.4, -0.2) is 39.1 Å². The number of hydrogen-bond donors (Lipinski definition) is 1. The molecule has 8 heteroatoms. The largest absolute Gasteiger partial charge is 0.326 e. The molecule has 0 unspecified atom stereocenters. The smallest absolute Gasteiger partial charge is 0.261 e. The van der Waals surface area contributed by atoms with E-state index in [9.17, 15) is 14.4 Å². The number of unbranched alkanes of at least 4 members (excludes halogenated alkanes) is 2. The van der Waals surface area contributed by atoms with Gasteiger partial charge in [0.05, 0.1) is 22.5 Å². The second-order valence-electron chi connectivity index (χ2n) is 8.50. The third-order valence-electron chi connectivity index (χ3n) is 5.99. The lowest BCUT2D eigenvalue weighted by Crippen LogP contribution is -2.30. The standard InChI is InChI=1S/C28H24N4O3S/c33-25(14-2-1-7-16-32-27(34)21-11-3-4-12-22(21)28(32)35)30-20-10-8-9-19(17-20)24-18-36-26(31-24)23-13-5-6-15-29-23/h3-6,8-13,15,17-18H,1-2,7,14,16H2,(H,30,33). The number of amides is 3. The molecule has 180 valence electrons. The van der Waals surface area contributed by atoms with E-state index >= 15 is 0 Å². The molecule has 1 aliphatic rings. The van der Waals surface area contributed by atoms with Crippen LogP contribution < -0.4 is 5.32 Å². The summed E-state index contributed by atoms with van der Waals surface area (Å²) in [5.41, 5.74) is 4.25. The van der Waals surface area contributed by atoms with E-state index in [0.717, 1.165) is 34.1 Å². The molecule has 36 heavy (non-hydrogen) atoms. The minimum Gasteiger partial charge on any atom is -0.326 e. The van der Waals surface area contributed by atoms with Gasteiger partial charge < -0.3 is 5.32 Å². The predicted octanol–water partition coefficient (Wildman–Crippen LogP) is 5.67. The number of fused-ring (bicyclic) bond motifs is 1. The predicted molar refractivity (Wildman–Crippen MR) is 140 cm³/mol. The zero-order chi connectivity index (χ0) is 24.9. The number of carbonyl (C=O) groups excluding carboxylic acids is 3. The number of aromatic nitrogens is 2. The Morgan fingerprint density at radius 1 is 0.861 bits per heavy atom. The zero-order valence-corrected chi connectivity index (χ0v) is 20.3. The molecule has 1 aliphatic heterocycles. The van der Waals surface area contributed by atoms with Gasteiger partial charge in [0.1, 0.15) is 5.01 Å². The maximum absolute atomic E-state index is 12.5. The number of thiazole rings is 1. The molecule has 5 rings (SSSR count). The van der Waals surface area contributed by atoms with Crippen LogP contribution in [0.25, 0.3) is 22.0 Å². The van der Waals surface area contributed by atoms with Crippen LogP contribution in [0.4, 0.5) is 5.69 Å². The lowest BCUT2D eigenvalue weighted by atomic mass is 10.1. The summed E-state index contributed by atoms with van der Waals surface area (Å²) >= 11 is 1.53. The molecule has 2 aromatic heterocycles. The summed E-state index contributed by atoms with van der Waals surface area (Å²) in [6, 6.07) is 20.3. The molecule has 0 saturated carbocycles. The minimum absolute atomic E-state index is 0.0691. The molecule has 7 nitrogen and oxygen atoms in total. The van der Waals surface area contributed by atoms with Crippen LogP contribution in [0.3, 0.4) is 0 Å². The molecule has 0 atom stereocenters. The van der Waals surface area contributed by atoms with Crippen molar-refractivity contribution < 1.29 is 14.4 Å². The Morgan fingerprint density at radius 2 is 1.64 bits per heavy atom. The quantitative estimate of drug-likeness (QED) is 0.238. The van der Waals surface area contributed by atoms with E-state index in [-0.39, 0.29) is 17.7 Å². The van der Waals surface area contributed by atoms with Gasteiger partial charge in [0.15, 0.2) is 0 Å². The van der Waals surface area contributed by atoms with E-state index in [1.165, 1.54) is 16.2 Å². The number of hydrogen-bond acceptors (Lipinski definition) is 6. The van der Waals surface area contributed by atoms with E-state index in [4.69, 9.17) is 0 Å². The van der Waals surface area contributed by atoms with Gasteiger partial charge in [-0.2, -0.15) is 0 Å². The van der Waals surface area contributed by atoms with Crippen LogP contribution in [0, 0.1) is 0 Å². The Balaban J connectivity index is 1.09. The van der Waals surface area contributed by atoms with Gasteiger partial charge in [0.2, 0.25) is 5.91 Å². The zero-order valence-electron chi connectivity index (χ0n) is 19.5. The SMILES string of the molecule is O=C(CCCCCN1C(=O)c2ccccc2C1=O)Nc1cccc(-c2csc(-c3ccccn3)n2)c1. The third-order valence-corrected chi connectivity index (χ3v) is 6.86. The van der Waals surface area contributed by atoms with E-state index in [1.54, 1.807) is 30.5 Å². The average molecular weight is 497 g/mol. The van der Waals surface area contributed by atoms with Crippen molar-refractivity contribution in [2.45, 2.75) is 25.7 Å². The fraction of sp³-hybridized carbons (Fsp3) is 0.179.